The minimum Gasteiger partial charge on any atom is -0.488 e. The van der Waals surface area contributed by atoms with Gasteiger partial charge in [0.05, 0.1) is 16.3 Å². The monoisotopic (exact) mass is 704 g/mol. The molecule has 1 unspecified atom stereocenters. The van der Waals surface area contributed by atoms with Gasteiger partial charge in [0.2, 0.25) is 0 Å². The van der Waals surface area contributed by atoms with Crippen LogP contribution in [0, 0.1) is 18.3 Å². The Balaban J connectivity index is 1.26. The molecule has 0 saturated carbocycles. The summed E-state index contributed by atoms with van der Waals surface area (Å²) in [6, 6.07) is 19.4. The second-order valence-corrected chi connectivity index (χ2v) is 14.0. The van der Waals surface area contributed by atoms with Crippen LogP contribution < -0.4 is 24.3 Å². The molecule has 2 aliphatic heterocycles. The lowest BCUT2D eigenvalue weighted by Crippen LogP contribution is -2.39. The van der Waals surface area contributed by atoms with Crippen molar-refractivity contribution in [3.8, 4) is 40.2 Å². The number of nitrogens with zero attached hydrogens (tertiary/aromatic N) is 3. The van der Waals surface area contributed by atoms with E-state index in [1.165, 1.54) is 6.20 Å². The molecule has 256 valence electrons. The van der Waals surface area contributed by atoms with Gasteiger partial charge in [0.1, 0.15) is 44.0 Å². The molecule has 13 heteroatoms. The highest BCUT2D eigenvalue weighted by atomic mass is 35.5. The van der Waals surface area contributed by atoms with Crippen LogP contribution in [0.4, 0.5) is 0 Å². The van der Waals surface area contributed by atoms with E-state index >= 15 is 0 Å². The third kappa shape index (κ3) is 8.81. The summed E-state index contributed by atoms with van der Waals surface area (Å²) in [5, 5.41) is 13.0. The first-order valence-corrected chi connectivity index (χ1v) is 18.0. The summed E-state index contributed by atoms with van der Waals surface area (Å²) in [6.07, 6.45) is 3.94. The van der Waals surface area contributed by atoms with E-state index in [9.17, 15) is 18.2 Å². The maximum Gasteiger partial charge on any atom is 0.266 e. The Bertz CT molecular complexity index is 1960. The molecule has 6 rings (SSSR count). The molecular weight excluding hydrogens is 668 g/mol. The smallest absolute Gasteiger partial charge is 0.266 e. The summed E-state index contributed by atoms with van der Waals surface area (Å²) in [7, 11) is -4.17. The Morgan fingerprint density at radius 3 is 2.63 bits per heavy atom. The largest absolute Gasteiger partial charge is 0.488 e. The maximum atomic E-state index is 11.7. The molecule has 0 amide bonds. The molecule has 1 saturated heterocycles. The van der Waals surface area contributed by atoms with Crippen molar-refractivity contribution < 1.29 is 31.9 Å². The highest BCUT2D eigenvalue weighted by Gasteiger charge is 2.26. The first-order valence-electron chi connectivity index (χ1n) is 16.0. The van der Waals surface area contributed by atoms with Gasteiger partial charge in [-0.25, -0.2) is 0 Å². The molecule has 4 aromatic rings. The molecule has 0 aliphatic carbocycles. The number of nitrogens with one attached hydrogen (secondary N) is 1. The molecule has 0 spiro atoms. The lowest BCUT2D eigenvalue weighted by atomic mass is 9.96. The molecule has 0 radical (unpaired) electrons. The van der Waals surface area contributed by atoms with Gasteiger partial charge in [0.15, 0.2) is 11.5 Å². The van der Waals surface area contributed by atoms with E-state index < -0.39 is 15.9 Å². The average molecular weight is 705 g/mol. The van der Waals surface area contributed by atoms with Gasteiger partial charge in [-0.2, -0.15) is 13.7 Å². The predicted molar refractivity (Wildman–Crippen MR) is 185 cm³/mol. The van der Waals surface area contributed by atoms with Crippen molar-refractivity contribution in [3.05, 3.63) is 99.8 Å². The Morgan fingerprint density at radius 1 is 1.04 bits per heavy atom. The van der Waals surface area contributed by atoms with Gasteiger partial charge in [-0.1, -0.05) is 35.9 Å². The van der Waals surface area contributed by atoms with Gasteiger partial charge >= 0.3 is 0 Å². The zero-order valence-electron chi connectivity index (χ0n) is 27.0. The summed E-state index contributed by atoms with van der Waals surface area (Å²) in [5.74, 6) is 1.97. The predicted octanol–water partition coefficient (Wildman–Crippen LogP) is 5.56. The zero-order valence-corrected chi connectivity index (χ0v) is 28.6. The molecule has 1 fully saturated rings. The number of halogens is 1. The molecular formula is C36H37ClN4O7S. The molecule has 2 aliphatic rings. The number of nitriles is 1. The quantitative estimate of drug-likeness (QED) is 0.169. The van der Waals surface area contributed by atoms with Gasteiger partial charge in [0.25, 0.3) is 10.1 Å². The lowest BCUT2D eigenvalue weighted by Gasteiger charge is -2.29. The summed E-state index contributed by atoms with van der Waals surface area (Å²) >= 11 is 6.83. The first kappa shape index (κ1) is 34.5. The molecule has 2 N–H and O–H groups in total. The van der Waals surface area contributed by atoms with Crippen molar-refractivity contribution in [3.63, 3.8) is 0 Å². The fourth-order valence-electron chi connectivity index (χ4n) is 6.05. The normalized spacial score (nSPS) is 15.6. The molecule has 0 bridgehead atoms. The van der Waals surface area contributed by atoms with Crippen LogP contribution >= 0.6 is 11.6 Å². The number of fused-ring (bicyclic) bond motifs is 1. The number of rotatable bonds is 13. The van der Waals surface area contributed by atoms with Crippen molar-refractivity contribution >= 4 is 21.7 Å². The highest BCUT2D eigenvalue weighted by molar-refractivity contribution is 7.85. The minimum absolute atomic E-state index is 0.0604. The van der Waals surface area contributed by atoms with Gasteiger partial charge in [-0.15, -0.1) is 0 Å². The van der Waals surface area contributed by atoms with E-state index in [1.54, 1.807) is 24.4 Å². The lowest BCUT2D eigenvalue weighted by molar-refractivity contribution is 0.171. The van der Waals surface area contributed by atoms with Crippen LogP contribution in [-0.2, 0) is 29.9 Å². The van der Waals surface area contributed by atoms with Crippen LogP contribution in [0.25, 0.3) is 11.1 Å². The Labute approximate surface area is 291 Å². The highest BCUT2D eigenvalue weighted by Crippen LogP contribution is 2.38. The number of hydrogen-bond acceptors (Lipinski definition) is 10. The van der Waals surface area contributed by atoms with E-state index in [1.807, 2.05) is 42.2 Å². The molecule has 49 heavy (non-hydrogen) atoms. The second-order valence-electron chi connectivity index (χ2n) is 12.0. The van der Waals surface area contributed by atoms with E-state index in [2.05, 4.69) is 22.4 Å². The van der Waals surface area contributed by atoms with Crippen molar-refractivity contribution in [2.75, 3.05) is 38.6 Å². The van der Waals surface area contributed by atoms with Crippen molar-refractivity contribution in [1.29, 1.82) is 5.26 Å². The number of ether oxygens (including phenoxy) is 4. The van der Waals surface area contributed by atoms with E-state index in [-0.39, 0.29) is 25.8 Å². The first-order chi connectivity index (χ1) is 23.7. The molecule has 1 atom stereocenters. The summed E-state index contributed by atoms with van der Waals surface area (Å²) in [4.78, 5) is 6.15. The van der Waals surface area contributed by atoms with Crippen molar-refractivity contribution in [1.82, 2.24) is 15.2 Å². The van der Waals surface area contributed by atoms with E-state index in [0.29, 0.717) is 54.0 Å². The third-order valence-corrected chi connectivity index (χ3v) is 9.67. The maximum absolute atomic E-state index is 11.7. The van der Waals surface area contributed by atoms with Crippen molar-refractivity contribution in [2.45, 2.75) is 39.1 Å². The number of benzene rings is 3. The standard InChI is InChI=1S/C36H37ClN4O7S/c1-24-28(3-2-4-31(24)27-5-6-33-36(15-27)46-11-10-45-33)23-48-35-16-34(47-22-26-13-25(17-38)18-40-19-26)29(14-32(35)37)21-41(9-12-49(42,43)44)30-7-8-39-20-30/h2-6,13-16,18-19,30,39H,7-12,20-23H2,1H3,(H,42,43,44). The summed E-state index contributed by atoms with van der Waals surface area (Å²) in [5.41, 5.74) is 5.92. The minimum atomic E-state index is -4.17. The van der Waals surface area contributed by atoms with Crippen LogP contribution in [0.2, 0.25) is 5.02 Å². The Hall–Kier alpha value is -4.38. The summed E-state index contributed by atoms with van der Waals surface area (Å²) in [6.45, 7) is 5.41. The van der Waals surface area contributed by atoms with Crippen LogP contribution in [0.15, 0.2) is 67.0 Å². The topological polar surface area (TPSA) is 143 Å². The van der Waals surface area contributed by atoms with Gasteiger partial charge in [-0.3, -0.25) is 14.4 Å². The third-order valence-electron chi connectivity index (χ3n) is 8.68. The molecule has 11 nitrogen and oxygen atoms in total. The molecule has 3 heterocycles. The fourth-order valence-corrected chi connectivity index (χ4v) is 6.75. The zero-order chi connectivity index (χ0) is 34.4. The number of pyridine rings is 1. The van der Waals surface area contributed by atoms with Gasteiger partial charge in [-0.05, 0) is 66.4 Å². The molecule has 3 aromatic carbocycles. The van der Waals surface area contributed by atoms with E-state index in [4.69, 9.17) is 30.5 Å². The average Bonchev–Trinajstić information content (AvgIpc) is 3.64. The molecule has 1 aromatic heterocycles. The van der Waals surface area contributed by atoms with Crippen LogP contribution in [0.3, 0.4) is 0 Å². The Kier molecular flexibility index (Phi) is 10.9. The van der Waals surface area contributed by atoms with E-state index in [0.717, 1.165) is 52.3 Å². The van der Waals surface area contributed by atoms with Crippen LogP contribution in [0.5, 0.6) is 23.0 Å². The fraction of sp³-hybridized carbons (Fsp3) is 0.333. The Morgan fingerprint density at radius 2 is 1.86 bits per heavy atom. The number of hydrogen-bond donors (Lipinski definition) is 2. The van der Waals surface area contributed by atoms with Crippen LogP contribution in [-0.4, -0.2) is 67.5 Å². The van der Waals surface area contributed by atoms with Gasteiger partial charge in [0, 0.05) is 55.3 Å². The van der Waals surface area contributed by atoms with Crippen molar-refractivity contribution in [2.24, 2.45) is 0 Å². The van der Waals surface area contributed by atoms with Crippen LogP contribution in [0.1, 0.15) is 34.2 Å². The SMILES string of the molecule is Cc1c(COc2cc(OCc3cncc(C#N)c3)c(CN(CCS(=O)(=O)O)C3CCNC3)cc2Cl)cccc1-c1ccc2c(c1)OCCO2. The summed E-state index contributed by atoms with van der Waals surface area (Å²) < 4.78 is 56.9. The second kappa shape index (κ2) is 15.4. The number of aromatic nitrogens is 1. The van der Waals surface area contributed by atoms with Gasteiger partial charge < -0.3 is 24.3 Å².